The molecular weight excluding hydrogens is 274 g/mol. The Morgan fingerprint density at radius 1 is 1.42 bits per heavy atom. The van der Waals surface area contributed by atoms with Gasteiger partial charge < -0.3 is 10.6 Å². The number of benzene rings is 1. The monoisotopic (exact) mass is 291 g/mol. The topological polar surface area (TPSA) is 47.9 Å². The highest BCUT2D eigenvalue weighted by Crippen LogP contribution is 2.18. The summed E-state index contributed by atoms with van der Waals surface area (Å²) in [5, 5.41) is 16.2. The summed E-state index contributed by atoms with van der Waals surface area (Å²) in [4.78, 5) is 0. The number of hydrogen-bond acceptors (Lipinski definition) is 3. The summed E-state index contributed by atoms with van der Waals surface area (Å²) >= 11 is 6.99. The molecule has 1 aliphatic carbocycles. The second kappa shape index (κ2) is 7.37. The first kappa shape index (κ1) is 14.2. The van der Waals surface area contributed by atoms with E-state index in [-0.39, 0.29) is 0 Å². The van der Waals surface area contributed by atoms with Crippen LogP contribution in [0.2, 0.25) is 0 Å². The molecule has 0 atom stereocenters. The van der Waals surface area contributed by atoms with E-state index in [1.54, 1.807) is 0 Å². The minimum Gasteiger partial charge on any atom is -0.362 e. The zero-order valence-electron chi connectivity index (χ0n) is 10.7. The largest absolute Gasteiger partial charge is 0.362 e. The van der Waals surface area contributed by atoms with Gasteiger partial charge in [-0.2, -0.15) is 17.0 Å². The summed E-state index contributed by atoms with van der Waals surface area (Å²) in [6.07, 6.45) is 2.48. The number of thiocarbonyl (C=S) groups is 1. The van der Waals surface area contributed by atoms with E-state index in [9.17, 15) is 0 Å². The predicted molar refractivity (Wildman–Crippen MR) is 84.1 cm³/mol. The van der Waals surface area contributed by atoms with E-state index < -0.39 is 0 Å². The molecule has 5 heteroatoms. The number of nitrogens with zero attached hydrogens (tertiary/aromatic N) is 1. The highest BCUT2D eigenvalue weighted by Gasteiger charge is 2.21. The fourth-order valence-corrected chi connectivity index (χ4v) is 2.77. The van der Waals surface area contributed by atoms with Gasteiger partial charge in [-0.25, -0.2) is 0 Å². The highest BCUT2D eigenvalue weighted by molar-refractivity contribution is 7.98. The van der Waals surface area contributed by atoms with Crippen molar-refractivity contribution in [2.75, 3.05) is 12.3 Å². The van der Waals surface area contributed by atoms with Crippen LogP contribution in [0.4, 0.5) is 0 Å². The van der Waals surface area contributed by atoms with E-state index >= 15 is 0 Å². The molecule has 1 aromatic carbocycles. The minimum absolute atomic E-state index is 0.607. The summed E-state index contributed by atoms with van der Waals surface area (Å²) in [6.45, 7) is 0.859. The number of thioether (sulfide) groups is 1. The Balaban J connectivity index is 1.61. The van der Waals surface area contributed by atoms with Crippen LogP contribution < -0.4 is 10.6 Å². The summed E-state index contributed by atoms with van der Waals surface area (Å²) in [5.74, 6) is 1.85. The standard InChI is InChI=1S/C14H17N3S2/c15-9-11-3-1-2-4-12(11)10-19-8-7-16-14(18)17-13-5-6-13/h1-4,13H,5-8,10H2,(H2,16,17,18). The molecule has 1 aromatic rings. The normalized spacial score (nSPS) is 13.6. The molecule has 1 fully saturated rings. The first-order valence-electron chi connectivity index (χ1n) is 6.39. The quantitative estimate of drug-likeness (QED) is 0.622. The maximum absolute atomic E-state index is 8.99. The van der Waals surface area contributed by atoms with Crippen LogP contribution in [-0.2, 0) is 5.75 Å². The minimum atomic E-state index is 0.607. The average molecular weight is 291 g/mol. The van der Waals surface area contributed by atoms with E-state index in [1.165, 1.54) is 12.8 Å². The van der Waals surface area contributed by atoms with Gasteiger partial charge in [-0.3, -0.25) is 0 Å². The van der Waals surface area contributed by atoms with Crippen LogP contribution in [0.1, 0.15) is 24.0 Å². The zero-order chi connectivity index (χ0) is 13.5. The Morgan fingerprint density at radius 3 is 2.95 bits per heavy atom. The van der Waals surface area contributed by atoms with Crippen molar-refractivity contribution in [1.29, 1.82) is 5.26 Å². The zero-order valence-corrected chi connectivity index (χ0v) is 12.3. The SMILES string of the molecule is N#Cc1ccccc1CSCCNC(=S)NC1CC1. The van der Waals surface area contributed by atoms with E-state index in [0.29, 0.717) is 6.04 Å². The number of nitrogens with one attached hydrogen (secondary N) is 2. The van der Waals surface area contributed by atoms with Crippen molar-refractivity contribution in [2.24, 2.45) is 0 Å². The molecular formula is C14H17N3S2. The second-order valence-electron chi connectivity index (χ2n) is 4.50. The van der Waals surface area contributed by atoms with Gasteiger partial charge in [0.1, 0.15) is 0 Å². The van der Waals surface area contributed by atoms with Gasteiger partial charge in [-0.05, 0) is 36.7 Å². The molecule has 0 saturated heterocycles. The number of hydrogen-bond donors (Lipinski definition) is 2. The van der Waals surface area contributed by atoms with Gasteiger partial charge in [0.2, 0.25) is 0 Å². The van der Waals surface area contributed by atoms with E-state index in [2.05, 4.69) is 16.7 Å². The van der Waals surface area contributed by atoms with Crippen molar-refractivity contribution in [3.8, 4) is 6.07 Å². The first-order chi connectivity index (χ1) is 9.29. The van der Waals surface area contributed by atoms with E-state index in [1.807, 2.05) is 36.0 Å². The number of nitriles is 1. The maximum atomic E-state index is 8.99. The van der Waals surface area contributed by atoms with Crippen LogP contribution >= 0.6 is 24.0 Å². The summed E-state index contributed by atoms with van der Waals surface area (Å²) in [5.41, 5.74) is 1.88. The molecule has 0 spiro atoms. The van der Waals surface area contributed by atoms with Gasteiger partial charge >= 0.3 is 0 Å². The Bertz CT molecular complexity index is 478. The Hall–Kier alpha value is -1.25. The van der Waals surface area contributed by atoms with Gasteiger partial charge in [0, 0.05) is 24.1 Å². The lowest BCUT2D eigenvalue weighted by Gasteiger charge is -2.09. The lowest BCUT2D eigenvalue weighted by Crippen LogP contribution is -2.37. The third-order valence-electron chi connectivity index (χ3n) is 2.84. The van der Waals surface area contributed by atoms with Crippen LogP contribution in [-0.4, -0.2) is 23.5 Å². The van der Waals surface area contributed by atoms with Gasteiger partial charge in [-0.15, -0.1) is 0 Å². The van der Waals surface area contributed by atoms with E-state index in [0.717, 1.165) is 34.3 Å². The molecule has 100 valence electrons. The van der Waals surface area contributed by atoms with Crippen molar-refractivity contribution in [3.63, 3.8) is 0 Å². The molecule has 1 aliphatic rings. The van der Waals surface area contributed by atoms with Crippen LogP contribution in [0.15, 0.2) is 24.3 Å². The molecule has 0 aliphatic heterocycles. The maximum Gasteiger partial charge on any atom is 0.166 e. The lowest BCUT2D eigenvalue weighted by atomic mass is 10.1. The van der Waals surface area contributed by atoms with Crippen LogP contribution in [0.5, 0.6) is 0 Å². The molecule has 0 amide bonds. The van der Waals surface area contributed by atoms with Crippen molar-refractivity contribution < 1.29 is 0 Å². The van der Waals surface area contributed by atoms with Crippen LogP contribution in [0.25, 0.3) is 0 Å². The Kier molecular flexibility index (Phi) is 5.49. The van der Waals surface area contributed by atoms with Crippen molar-refractivity contribution >= 4 is 29.1 Å². The highest BCUT2D eigenvalue weighted by atomic mass is 32.2. The van der Waals surface area contributed by atoms with Gasteiger partial charge in [0.25, 0.3) is 0 Å². The van der Waals surface area contributed by atoms with Gasteiger partial charge in [-0.1, -0.05) is 18.2 Å². The molecule has 2 N–H and O–H groups in total. The summed E-state index contributed by atoms with van der Waals surface area (Å²) < 4.78 is 0. The lowest BCUT2D eigenvalue weighted by molar-refractivity contribution is 0.853. The fourth-order valence-electron chi connectivity index (χ4n) is 1.64. The molecule has 3 nitrogen and oxygen atoms in total. The first-order valence-corrected chi connectivity index (χ1v) is 7.96. The Morgan fingerprint density at radius 2 is 2.21 bits per heavy atom. The fraction of sp³-hybridized carbons (Fsp3) is 0.429. The molecule has 0 bridgehead atoms. The summed E-state index contributed by atoms with van der Waals surface area (Å²) in [7, 11) is 0. The molecule has 0 aromatic heterocycles. The number of rotatable bonds is 6. The third kappa shape index (κ3) is 5.09. The van der Waals surface area contributed by atoms with Gasteiger partial charge in [0.05, 0.1) is 11.6 Å². The van der Waals surface area contributed by atoms with Crippen molar-refractivity contribution in [1.82, 2.24) is 10.6 Å². The van der Waals surface area contributed by atoms with Crippen LogP contribution in [0, 0.1) is 11.3 Å². The van der Waals surface area contributed by atoms with Crippen molar-refractivity contribution in [2.45, 2.75) is 24.6 Å². The summed E-state index contributed by atoms with van der Waals surface area (Å²) in [6, 6.07) is 10.6. The molecule has 0 radical (unpaired) electrons. The van der Waals surface area contributed by atoms with Crippen molar-refractivity contribution in [3.05, 3.63) is 35.4 Å². The second-order valence-corrected chi connectivity index (χ2v) is 6.01. The molecule has 0 unspecified atom stereocenters. The molecule has 19 heavy (non-hydrogen) atoms. The average Bonchev–Trinajstić information content (AvgIpc) is 3.22. The van der Waals surface area contributed by atoms with E-state index in [4.69, 9.17) is 17.5 Å². The third-order valence-corrected chi connectivity index (χ3v) is 4.11. The predicted octanol–water partition coefficient (Wildman–Crippen LogP) is 2.42. The molecule has 0 heterocycles. The smallest absolute Gasteiger partial charge is 0.166 e. The van der Waals surface area contributed by atoms with Gasteiger partial charge in [0.15, 0.2) is 5.11 Å². The molecule has 2 rings (SSSR count). The molecule has 1 saturated carbocycles. The Labute approximate surface area is 123 Å². The van der Waals surface area contributed by atoms with Crippen LogP contribution in [0.3, 0.4) is 0 Å².